The zero-order valence-corrected chi connectivity index (χ0v) is 15.6. The number of aromatic amines is 1. The fraction of sp³-hybridized carbons (Fsp3) is 0.0952. The van der Waals surface area contributed by atoms with E-state index in [1.165, 1.54) is 0 Å². The predicted molar refractivity (Wildman–Crippen MR) is 112 cm³/mol. The molecule has 5 N–H and O–H groups in total. The second-order valence-corrected chi connectivity index (χ2v) is 6.44. The van der Waals surface area contributed by atoms with E-state index in [0.717, 1.165) is 27.8 Å². The molecule has 0 radical (unpaired) electrons. The molecule has 7 nitrogen and oxygen atoms in total. The molecule has 140 valence electrons. The SMILES string of the molecule is CNC(=O)c1ccccc1-c1cnc(Nc2ccccc2C)c2[nH]nc(N)c12. The van der Waals surface area contributed by atoms with Crippen LogP contribution in [0, 0.1) is 6.92 Å². The summed E-state index contributed by atoms with van der Waals surface area (Å²) in [5.74, 6) is 0.801. The Kier molecular flexibility index (Phi) is 4.41. The van der Waals surface area contributed by atoms with Gasteiger partial charge in [0.2, 0.25) is 0 Å². The van der Waals surface area contributed by atoms with Gasteiger partial charge in [0, 0.05) is 30.1 Å². The number of carbonyl (C=O) groups is 1. The lowest BCUT2D eigenvalue weighted by atomic mass is 9.97. The quantitative estimate of drug-likeness (QED) is 0.437. The van der Waals surface area contributed by atoms with Crippen LogP contribution < -0.4 is 16.4 Å². The van der Waals surface area contributed by atoms with Crippen LogP contribution in [-0.2, 0) is 0 Å². The number of anilines is 3. The molecular formula is C21H20N6O. The molecule has 0 aliphatic heterocycles. The monoisotopic (exact) mass is 372 g/mol. The first kappa shape index (κ1) is 17.5. The third-order valence-electron chi connectivity index (χ3n) is 4.71. The second kappa shape index (κ2) is 7.03. The maximum absolute atomic E-state index is 12.3. The molecule has 2 heterocycles. The van der Waals surface area contributed by atoms with Crippen LogP contribution in [0.2, 0.25) is 0 Å². The standard InChI is InChI=1S/C21H20N6O/c1-12-7-3-6-10-16(12)25-20-18-17(19(22)27-26-18)15(11-24-20)13-8-4-5-9-14(13)21(28)23-2/h3-11H,1-2H3,(H,23,28)(H,24,25)(H3,22,26,27). The van der Waals surface area contributed by atoms with Gasteiger partial charge >= 0.3 is 0 Å². The lowest BCUT2D eigenvalue weighted by Gasteiger charge is -2.13. The minimum Gasteiger partial charge on any atom is -0.382 e. The minimum absolute atomic E-state index is 0.173. The number of nitrogens with zero attached hydrogens (tertiary/aromatic N) is 2. The van der Waals surface area contributed by atoms with Gasteiger partial charge in [0.1, 0.15) is 5.52 Å². The lowest BCUT2D eigenvalue weighted by Crippen LogP contribution is -2.18. The Morgan fingerprint density at radius 1 is 1.07 bits per heavy atom. The van der Waals surface area contributed by atoms with Crippen molar-refractivity contribution < 1.29 is 4.79 Å². The number of aromatic nitrogens is 3. The number of nitrogens with two attached hydrogens (primary N) is 1. The number of rotatable bonds is 4. The van der Waals surface area contributed by atoms with Crippen molar-refractivity contribution in [2.24, 2.45) is 0 Å². The van der Waals surface area contributed by atoms with Gasteiger partial charge < -0.3 is 16.4 Å². The van der Waals surface area contributed by atoms with E-state index < -0.39 is 0 Å². The normalized spacial score (nSPS) is 10.8. The summed E-state index contributed by atoms with van der Waals surface area (Å²) in [5.41, 5.74) is 10.9. The topological polar surface area (TPSA) is 109 Å². The highest BCUT2D eigenvalue weighted by Gasteiger charge is 2.19. The summed E-state index contributed by atoms with van der Waals surface area (Å²) in [6.45, 7) is 2.02. The average molecular weight is 372 g/mol. The van der Waals surface area contributed by atoms with Crippen molar-refractivity contribution in [3.63, 3.8) is 0 Å². The van der Waals surface area contributed by atoms with Crippen LogP contribution >= 0.6 is 0 Å². The number of amides is 1. The number of H-pyrrole nitrogens is 1. The van der Waals surface area contributed by atoms with Crippen molar-refractivity contribution in [1.82, 2.24) is 20.5 Å². The van der Waals surface area contributed by atoms with Crippen molar-refractivity contribution in [3.05, 3.63) is 65.9 Å². The molecule has 0 atom stereocenters. The molecule has 4 aromatic rings. The van der Waals surface area contributed by atoms with Crippen LogP contribution in [0.4, 0.5) is 17.3 Å². The van der Waals surface area contributed by atoms with Crippen LogP contribution in [0.5, 0.6) is 0 Å². The number of para-hydroxylation sites is 1. The first-order valence-corrected chi connectivity index (χ1v) is 8.87. The van der Waals surface area contributed by atoms with Gasteiger partial charge in [-0.3, -0.25) is 9.89 Å². The maximum Gasteiger partial charge on any atom is 0.251 e. The van der Waals surface area contributed by atoms with E-state index in [9.17, 15) is 4.79 Å². The van der Waals surface area contributed by atoms with E-state index in [1.54, 1.807) is 19.3 Å². The van der Waals surface area contributed by atoms with Crippen LogP contribution in [-0.4, -0.2) is 28.1 Å². The number of hydrogen-bond acceptors (Lipinski definition) is 5. The smallest absolute Gasteiger partial charge is 0.251 e. The summed E-state index contributed by atoms with van der Waals surface area (Å²) in [5, 5.41) is 13.9. The molecule has 4 rings (SSSR count). The summed E-state index contributed by atoms with van der Waals surface area (Å²) < 4.78 is 0. The first-order valence-electron chi connectivity index (χ1n) is 8.87. The highest BCUT2D eigenvalue weighted by Crippen LogP contribution is 2.36. The van der Waals surface area contributed by atoms with Crippen molar-refractivity contribution in [1.29, 1.82) is 0 Å². The molecule has 1 amide bonds. The number of fused-ring (bicyclic) bond motifs is 1. The zero-order valence-electron chi connectivity index (χ0n) is 15.6. The third kappa shape index (κ3) is 2.92. The Hall–Kier alpha value is -3.87. The predicted octanol–water partition coefficient (Wildman–Crippen LogP) is 3.62. The summed E-state index contributed by atoms with van der Waals surface area (Å²) in [4.78, 5) is 16.9. The first-order chi connectivity index (χ1) is 13.6. The van der Waals surface area contributed by atoms with Crippen LogP contribution in [0.15, 0.2) is 54.7 Å². The molecule has 0 spiro atoms. The Morgan fingerprint density at radius 3 is 2.61 bits per heavy atom. The van der Waals surface area contributed by atoms with Gasteiger partial charge in [0.15, 0.2) is 11.6 Å². The summed E-state index contributed by atoms with van der Waals surface area (Å²) >= 11 is 0. The fourth-order valence-electron chi connectivity index (χ4n) is 3.25. The number of nitrogen functional groups attached to an aromatic ring is 1. The zero-order chi connectivity index (χ0) is 19.7. The number of hydrogen-bond donors (Lipinski definition) is 4. The molecule has 0 aliphatic carbocycles. The Labute approximate surface area is 162 Å². The number of aryl methyl sites for hydroxylation is 1. The summed E-state index contributed by atoms with van der Waals surface area (Å²) in [6, 6.07) is 15.3. The molecule has 7 heteroatoms. The Balaban J connectivity index is 1.89. The molecule has 0 bridgehead atoms. The van der Waals surface area contributed by atoms with E-state index >= 15 is 0 Å². The number of carbonyl (C=O) groups excluding carboxylic acids is 1. The van der Waals surface area contributed by atoms with Gasteiger partial charge in [0.25, 0.3) is 5.91 Å². The van der Waals surface area contributed by atoms with E-state index in [4.69, 9.17) is 5.73 Å². The molecule has 0 saturated carbocycles. The number of pyridine rings is 1. The second-order valence-electron chi connectivity index (χ2n) is 6.44. The van der Waals surface area contributed by atoms with Crippen molar-refractivity contribution in [2.45, 2.75) is 6.92 Å². The van der Waals surface area contributed by atoms with Crippen LogP contribution in [0.25, 0.3) is 22.0 Å². The third-order valence-corrected chi connectivity index (χ3v) is 4.71. The lowest BCUT2D eigenvalue weighted by molar-refractivity contribution is 0.0963. The largest absolute Gasteiger partial charge is 0.382 e. The van der Waals surface area contributed by atoms with Crippen molar-refractivity contribution >= 4 is 34.1 Å². The van der Waals surface area contributed by atoms with Gasteiger partial charge in [-0.25, -0.2) is 4.98 Å². The van der Waals surface area contributed by atoms with Gasteiger partial charge in [-0.05, 0) is 30.2 Å². The molecule has 0 fully saturated rings. The van der Waals surface area contributed by atoms with Gasteiger partial charge in [-0.2, -0.15) is 5.10 Å². The van der Waals surface area contributed by atoms with E-state index in [0.29, 0.717) is 22.7 Å². The highest BCUT2D eigenvalue weighted by molar-refractivity contribution is 6.10. The van der Waals surface area contributed by atoms with Gasteiger partial charge in [-0.15, -0.1) is 0 Å². The van der Waals surface area contributed by atoms with Crippen molar-refractivity contribution in [3.8, 4) is 11.1 Å². The highest BCUT2D eigenvalue weighted by atomic mass is 16.1. The van der Waals surface area contributed by atoms with E-state index in [2.05, 4.69) is 25.8 Å². The van der Waals surface area contributed by atoms with Crippen molar-refractivity contribution in [2.75, 3.05) is 18.1 Å². The molecule has 28 heavy (non-hydrogen) atoms. The molecular weight excluding hydrogens is 352 g/mol. The Bertz CT molecular complexity index is 1180. The van der Waals surface area contributed by atoms with Crippen LogP contribution in [0.1, 0.15) is 15.9 Å². The molecule has 2 aromatic heterocycles. The fourth-order valence-corrected chi connectivity index (χ4v) is 3.25. The molecule has 0 saturated heterocycles. The Morgan fingerprint density at radius 2 is 1.82 bits per heavy atom. The molecule has 0 aliphatic rings. The number of nitrogens with one attached hydrogen (secondary N) is 3. The summed E-state index contributed by atoms with van der Waals surface area (Å²) in [6.07, 6.45) is 1.72. The summed E-state index contributed by atoms with van der Waals surface area (Å²) in [7, 11) is 1.61. The maximum atomic E-state index is 12.3. The minimum atomic E-state index is -0.173. The average Bonchev–Trinajstić information content (AvgIpc) is 3.12. The van der Waals surface area contributed by atoms with Gasteiger partial charge in [0.05, 0.1) is 5.39 Å². The van der Waals surface area contributed by atoms with E-state index in [-0.39, 0.29) is 5.91 Å². The number of benzene rings is 2. The molecule has 0 unspecified atom stereocenters. The molecule has 2 aromatic carbocycles. The van der Waals surface area contributed by atoms with E-state index in [1.807, 2.05) is 49.4 Å². The van der Waals surface area contributed by atoms with Gasteiger partial charge in [-0.1, -0.05) is 36.4 Å². The van der Waals surface area contributed by atoms with Crippen LogP contribution in [0.3, 0.4) is 0 Å².